The van der Waals surface area contributed by atoms with Gasteiger partial charge in [-0.2, -0.15) is 4.31 Å². The largest absolute Gasteiger partial charge is 0.325 e. The average molecular weight is 269 g/mol. The van der Waals surface area contributed by atoms with Crippen LogP contribution in [0.15, 0.2) is 23.2 Å². The molecule has 0 amide bonds. The molecule has 2 N–H and O–H groups in total. The van der Waals surface area contributed by atoms with Crippen molar-refractivity contribution < 1.29 is 8.42 Å². The predicted octanol–water partition coefficient (Wildman–Crippen LogP) is 0.961. The predicted molar refractivity (Wildman–Crippen MR) is 69.3 cm³/mol. The molecule has 0 radical (unpaired) electrons. The number of piperidine rings is 1. The molecule has 18 heavy (non-hydrogen) atoms. The summed E-state index contributed by atoms with van der Waals surface area (Å²) in [5.74, 6) is 0.409. The van der Waals surface area contributed by atoms with Gasteiger partial charge in [0, 0.05) is 25.8 Å². The van der Waals surface area contributed by atoms with Gasteiger partial charge in [-0.05, 0) is 30.9 Å². The van der Waals surface area contributed by atoms with Gasteiger partial charge < -0.3 is 5.73 Å². The number of hydrogen-bond acceptors (Lipinski definition) is 4. The summed E-state index contributed by atoms with van der Waals surface area (Å²) in [5, 5.41) is 0. The molecular weight excluding hydrogens is 250 g/mol. The summed E-state index contributed by atoms with van der Waals surface area (Å²) in [6.45, 7) is 3.39. The number of pyridine rings is 1. The highest BCUT2D eigenvalue weighted by Gasteiger charge is 2.30. The molecule has 1 unspecified atom stereocenters. The van der Waals surface area contributed by atoms with Crippen molar-refractivity contribution in [3.05, 3.63) is 24.0 Å². The maximum absolute atomic E-state index is 12.5. The molecule has 1 aliphatic heterocycles. The minimum atomic E-state index is -3.45. The Bertz CT molecular complexity index is 516. The molecule has 1 aromatic rings. The third-order valence-electron chi connectivity index (χ3n) is 3.28. The van der Waals surface area contributed by atoms with Gasteiger partial charge in [0.1, 0.15) is 4.90 Å². The molecule has 0 bridgehead atoms. The Kier molecular flexibility index (Phi) is 3.99. The minimum absolute atomic E-state index is 0.138. The van der Waals surface area contributed by atoms with Gasteiger partial charge in [0.05, 0.1) is 5.69 Å². The van der Waals surface area contributed by atoms with Crippen LogP contribution in [0.3, 0.4) is 0 Å². The molecule has 1 fully saturated rings. The normalized spacial score (nSPS) is 22.0. The standard InChI is InChI=1S/C12H19N3O2S/c1-10-4-3-7-15(9-10)18(16,17)12-5-2-6-14-11(12)8-13/h2,5-6,10H,3-4,7-9,13H2,1H3. The summed E-state index contributed by atoms with van der Waals surface area (Å²) in [4.78, 5) is 4.30. The first-order chi connectivity index (χ1) is 8.55. The number of nitrogens with two attached hydrogens (primary N) is 1. The molecular formula is C12H19N3O2S. The number of nitrogens with zero attached hydrogens (tertiary/aromatic N) is 2. The number of aromatic nitrogens is 1. The van der Waals surface area contributed by atoms with Gasteiger partial charge in [0.25, 0.3) is 0 Å². The molecule has 1 aliphatic rings. The average Bonchev–Trinajstić information content (AvgIpc) is 2.38. The highest BCUT2D eigenvalue weighted by atomic mass is 32.2. The Hall–Kier alpha value is -0.980. The molecule has 100 valence electrons. The first-order valence-electron chi connectivity index (χ1n) is 6.20. The van der Waals surface area contributed by atoms with Crippen molar-refractivity contribution in [1.29, 1.82) is 0 Å². The van der Waals surface area contributed by atoms with Crippen LogP contribution in [0.1, 0.15) is 25.5 Å². The van der Waals surface area contributed by atoms with E-state index in [1.807, 2.05) is 0 Å². The van der Waals surface area contributed by atoms with Crippen LogP contribution in [-0.2, 0) is 16.6 Å². The number of sulfonamides is 1. The van der Waals surface area contributed by atoms with Crippen LogP contribution in [0.25, 0.3) is 0 Å². The Morgan fingerprint density at radius 3 is 3.00 bits per heavy atom. The van der Waals surface area contributed by atoms with E-state index >= 15 is 0 Å². The lowest BCUT2D eigenvalue weighted by molar-refractivity contribution is 0.281. The van der Waals surface area contributed by atoms with E-state index in [9.17, 15) is 8.42 Å². The lowest BCUT2D eigenvalue weighted by atomic mass is 10.0. The van der Waals surface area contributed by atoms with E-state index in [-0.39, 0.29) is 11.4 Å². The molecule has 0 aromatic carbocycles. The molecule has 6 heteroatoms. The zero-order chi connectivity index (χ0) is 13.2. The van der Waals surface area contributed by atoms with E-state index in [4.69, 9.17) is 5.73 Å². The third-order valence-corrected chi connectivity index (χ3v) is 5.22. The monoisotopic (exact) mass is 269 g/mol. The van der Waals surface area contributed by atoms with Gasteiger partial charge in [-0.25, -0.2) is 8.42 Å². The fraction of sp³-hybridized carbons (Fsp3) is 0.583. The smallest absolute Gasteiger partial charge is 0.244 e. The fourth-order valence-corrected chi connectivity index (χ4v) is 4.10. The maximum Gasteiger partial charge on any atom is 0.244 e. The van der Waals surface area contributed by atoms with Crippen molar-refractivity contribution in [2.24, 2.45) is 11.7 Å². The Balaban J connectivity index is 2.35. The second kappa shape index (κ2) is 5.34. The lowest BCUT2D eigenvalue weighted by Gasteiger charge is -2.30. The topological polar surface area (TPSA) is 76.3 Å². The lowest BCUT2D eigenvalue weighted by Crippen LogP contribution is -2.39. The van der Waals surface area contributed by atoms with Gasteiger partial charge in [0.15, 0.2) is 0 Å². The molecule has 0 aliphatic carbocycles. The van der Waals surface area contributed by atoms with Gasteiger partial charge in [-0.15, -0.1) is 0 Å². The first-order valence-corrected chi connectivity index (χ1v) is 7.64. The van der Waals surface area contributed by atoms with Crippen LogP contribution >= 0.6 is 0 Å². The van der Waals surface area contributed by atoms with Crippen molar-refractivity contribution in [1.82, 2.24) is 9.29 Å². The summed E-state index contributed by atoms with van der Waals surface area (Å²) in [6.07, 6.45) is 3.57. The van der Waals surface area contributed by atoms with Crippen molar-refractivity contribution >= 4 is 10.0 Å². The van der Waals surface area contributed by atoms with Gasteiger partial charge in [-0.3, -0.25) is 4.98 Å². The molecule has 1 aromatic heterocycles. The quantitative estimate of drug-likeness (QED) is 0.886. The van der Waals surface area contributed by atoms with Gasteiger partial charge in [0.2, 0.25) is 10.0 Å². The number of rotatable bonds is 3. The van der Waals surface area contributed by atoms with Crippen molar-refractivity contribution in [2.75, 3.05) is 13.1 Å². The molecule has 2 rings (SSSR count). The van der Waals surface area contributed by atoms with Crippen LogP contribution in [-0.4, -0.2) is 30.8 Å². The van der Waals surface area contributed by atoms with Crippen LogP contribution < -0.4 is 5.73 Å². The first kappa shape index (κ1) is 13.5. The Morgan fingerprint density at radius 1 is 1.56 bits per heavy atom. The van der Waals surface area contributed by atoms with E-state index in [2.05, 4.69) is 11.9 Å². The molecule has 0 spiro atoms. The Morgan fingerprint density at radius 2 is 2.33 bits per heavy atom. The van der Waals surface area contributed by atoms with Gasteiger partial charge >= 0.3 is 0 Å². The van der Waals surface area contributed by atoms with Crippen molar-refractivity contribution in [3.63, 3.8) is 0 Å². The van der Waals surface area contributed by atoms with Crippen LogP contribution in [0.5, 0.6) is 0 Å². The highest BCUT2D eigenvalue weighted by Crippen LogP contribution is 2.24. The van der Waals surface area contributed by atoms with Crippen LogP contribution in [0.4, 0.5) is 0 Å². The summed E-state index contributed by atoms with van der Waals surface area (Å²) in [5.41, 5.74) is 6.00. The van der Waals surface area contributed by atoms with E-state index < -0.39 is 10.0 Å². The summed E-state index contributed by atoms with van der Waals surface area (Å²) in [7, 11) is -3.45. The summed E-state index contributed by atoms with van der Waals surface area (Å²) >= 11 is 0. The Labute approximate surface area is 108 Å². The molecule has 2 heterocycles. The zero-order valence-electron chi connectivity index (χ0n) is 10.5. The fourth-order valence-electron chi connectivity index (χ4n) is 2.32. The third kappa shape index (κ3) is 2.55. The summed E-state index contributed by atoms with van der Waals surface area (Å²) in [6, 6.07) is 3.23. The van der Waals surface area contributed by atoms with Gasteiger partial charge in [-0.1, -0.05) is 6.92 Å². The second-order valence-electron chi connectivity index (χ2n) is 4.76. The van der Waals surface area contributed by atoms with Crippen LogP contribution in [0, 0.1) is 5.92 Å². The van der Waals surface area contributed by atoms with Crippen LogP contribution in [0.2, 0.25) is 0 Å². The molecule has 1 saturated heterocycles. The minimum Gasteiger partial charge on any atom is -0.325 e. The zero-order valence-corrected chi connectivity index (χ0v) is 11.4. The number of hydrogen-bond donors (Lipinski definition) is 1. The van der Waals surface area contributed by atoms with E-state index in [1.165, 1.54) is 0 Å². The molecule has 5 nitrogen and oxygen atoms in total. The molecule has 1 atom stereocenters. The summed E-state index contributed by atoms with van der Waals surface area (Å²) < 4.78 is 26.6. The van der Waals surface area contributed by atoms with Crippen molar-refractivity contribution in [2.45, 2.75) is 31.2 Å². The maximum atomic E-state index is 12.5. The second-order valence-corrected chi connectivity index (χ2v) is 6.67. The SMILES string of the molecule is CC1CCCN(S(=O)(=O)c2cccnc2CN)C1. The van der Waals surface area contributed by atoms with E-state index in [0.717, 1.165) is 12.8 Å². The van der Waals surface area contributed by atoms with E-state index in [1.54, 1.807) is 22.6 Å². The van der Waals surface area contributed by atoms with Crippen molar-refractivity contribution in [3.8, 4) is 0 Å². The van der Waals surface area contributed by atoms with E-state index in [0.29, 0.717) is 24.7 Å². The molecule has 0 saturated carbocycles. The highest BCUT2D eigenvalue weighted by molar-refractivity contribution is 7.89.